The van der Waals surface area contributed by atoms with Crippen molar-refractivity contribution in [3.8, 4) is 33.6 Å². The van der Waals surface area contributed by atoms with E-state index in [1.165, 1.54) is 0 Å². The lowest BCUT2D eigenvalue weighted by molar-refractivity contribution is 0.0377. The molecule has 1 aliphatic rings. The Morgan fingerprint density at radius 3 is 2.32 bits per heavy atom. The third-order valence-electron chi connectivity index (χ3n) is 7.16. The van der Waals surface area contributed by atoms with E-state index >= 15 is 0 Å². The molecule has 6 rings (SSSR count). The first-order valence-electron chi connectivity index (χ1n) is 13.0. The van der Waals surface area contributed by atoms with E-state index in [1.54, 1.807) is 0 Å². The molecule has 1 fully saturated rings. The predicted octanol–water partition coefficient (Wildman–Crippen LogP) is 6.96. The summed E-state index contributed by atoms with van der Waals surface area (Å²) in [6.07, 6.45) is 8.31. The summed E-state index contributed by atoms with van der Waals surface area (Å²) in [4.78, 5) is 17.6. The SMILES string of the molecule is CC(C)(C)OC(=O)NC1(c2ccc(-c3nc4ccc(-c5cn[nH]c5)cn4c3-c3ccccc3)cc2)CCC1. The van der Waals surface area contributed by atoms with Crippen molar-refractivity contribution in [2.75, 3.05) is 0 Å². The first-order chi connectivity index (χ1) is 18.3. The van der Waals surface area contributed by atoms with E-state index in [-0.39, 0.29) is 11.6 Å². The Kier molecular flexibility index (Phi) is 5.79. The lowest BCUT2D eigenvalue weighted by atomic mass is 9.71. The van der Waals surface area contributed by atoms with Crippen LogP contribution < -0.4 is 5.32 Å². The molecule has 192 valence electrons. The number of aromatic nitrogens is 4. The molecule has 1 aliphatic carbocycles. The number of alkyl carbamates (subject to hydrolysis) is 1. The van der Waals surface area contributed by atoms with Crippen molar-refractivity contribution in [3.63, 3.8) is 0 Å². The number of nitrogens with one attached hydrogen (secondary N) is 2. The molecule has 3 heterocycles. The van der Waals surface area contributed by atoms with Gasteiger partial charge in [0, 0.05) is 34.6 Å². The normalized spacial score (nSPS) is 14.7. The van der Waals surface area contributed by atoms with Crippen LogP contribution in [0.25, 0.3) is 39.3 Å². The summed E-state index contributed by atoms with van der Waals surface area (Å²) in [7, 11) is 0. The molecule has 7 heteroatoms. The molecule has 1 amide bonds. The lowest BCUT2D eigenvalue weighted by Crippen LogP contribution is -2.52. The molecule has 2 N–H and O–H groups in total. The van der Waals surface area contributed by atoms with E-state index in [0.29, 0.717) is 0 Å². The third-order valence-corrected chi connectivity index (χ3v) is 7.16. The van der Waals surface area contributed by atoms with E-state index in [2.05, 4.69) is 68.6 Å². The van der Waals surface area contributed by atoms with Crippen molar-refractivity contribution in [3.05, 3.63) is 90.9 Å². The summed E-state index contributed by atoms with van der Waals surface area (Å²) in [6, 6.07) is 22.9. The van der Waals surface area contributed by atoms with E-state index in [1.807, 2.05) is 57.4 Å². The number of amides is 1. The van der Waals surface area contributed by atoms with Crippen LogP contribution in [0.3, 0.4) is 0 Å². The highest BCUT2D eigenvalue weighted by molar-refractivity contribution is 5.83. The molecule has 0 aliphatic heterocycles. The fourth-order valence-electron chi connectivity index (χ4n) is 5.16. The number of carbonyl (C=O) groups is 1. The summed E-state index contributed by atoms with van der Waals surface area (Å²) in [5, 5.41) is 10.1. The standard InChI is InChI=1S/C31H31N5O2/c1-30(2,3)38-29(37)35-31(16-7-17-31)25-13-10-21(11-14-25)27-28(22-8-5-4-6-9-22)36-20-23(12-15-26(36)34-27)24-18-32-33-19-24/h4-6,8-15,18-20H,7,16-17H2,1-3H3,(H,32,33)(H,35,37). The Morgan fingerprint density at radius 2 is 1.68 bits per heavy atom. The van der Waals surface area contributed by atoms with Crippen LogP contribution in [0.2, 0.25) is 0 Å². The number of ether oxygens (including phenoxy) is 1. The summed E-state index contributed by atoms with van der Waals surface area (Å²) in [5.74, 6) is 0. The summed E-state index contributed by atoms with van der Waals surface area (Å²) >= 11 is 0. The Morgan fingerprint density at radius 1 is 0.947 bits per heavy atom. The van der Waals surface area contributed by atoms with E-state index in [9.17, 15) is 4.79 Å². The zero-order valence-corrected chi connectivity index (χ0v) is 21.9. The van der Waals surface area contributed by atoms with Gasteiger partial charge < -0.3 is 10.1 Å². The molecule has 1 saturated carbocycles. The van der Waals surface area contributed by atoms with Crippen LogP contribution in [0.4, 0.5) is 4.79 Å². The molecule has 5 aromatic rings. The highest BCUT2D eigenvalue weighted by Crippen LogP contribution is 2.42. The van der Waals surface area contributed by atoms with Gasteiger partial charge in [-0.05, 0) is 57.7 Å². The fourth-order valence-corrected chi connectivity index (χ4v) is 5.16. The average molecular weight is 506 g/mol. The van der Waals surface area contributed by atoms with Crippen molar-refractivity contribution in [2.24, 2.45) is 0 Å². The van der Waals surface area contributed by atoms with Crippen molar-refractivity contribution < 1.29 is 9.53 Å². The Labute approximate surface area is 221 Å². The number of fused-ring (bicyclic) bond motifs is 1. The van der Waals surface area contributed by atoms with Crippen molar-refractivity contribution >= 4 is 11.7 Å². The van der Waals surface area contributed by atoms with Gasteiger partial charge in [-0.25, -0.2) is 9.78 Å². The topological polar surface area (TPSA) is 84.3 Å². The van der Waals surface area contributed by atoms with Gasteiger partial charge in [0.2, 0.25) is 0 Å². The number of nitrogens with zero attached hydrogens (tertiary/aromatic N) is 3. The smallest absolute Gasteiger partial charge is 0.408 e. The van der Waals surface area contributed by atoms with Gasteiger partial charge in [-0.15, -0.1) is 0 Å². The molecule has 0 bridgehead atoms. The van der Waals surface area contributed by atoms with Gasteiger partial charge in [-0.3, -0.25) is 9.50 Å². The maximum absolute atomic E-state index is 12.6. The minimum atomic E-state index is -0.534. The zero-order chi connectivity index (χ0) is 26.3. The number of hydrogen-bond donors (Lipinski definition) is 2. The first-order valence-corrected chi connectivity index (χ1v) is 13.0. The monoisotopic (exact) mass is 505 g/mol. The fraction of sp³-hybridized carbons (Fsp3) is 0.258. The van der Waals surface area contributed by atoms with Crippen molar-refractivity contribution in [1.29, 1.82) is 0 Å². The second-order valence-electron chi connectivity index (χ2n) is 10.9. The Bertz CT molecular complexity index is 1580. The Balaban J connectivity index is 1.39. The molecular formula is C31H31N5O2. The van der Waals surface area contributed by atoms with E-state index < -0.39 is 5.60 Å². The number of H-pyrrole nitrogens is 1. The minimum Gasteiger partial charge on any atom is -0.444 e. The second kappa shape index (κ2) is 9.17. The zero-order valence-electron chi connectivity index (χ0n) is 21.9. The molecule has 2 aromatic carbocycles. The number of hydrogen-bond acceptors (Lipinski definition) is 4. The maximum atomic E-state index is 12.6. The van der Waals surface area contributed by atoms with Crippen LogP contribution in [0, 0.1) is 0 Å². The molecular weight excluding hydrogens is 474 g/mol. The third kappa shape index (κ3) is 4.45. The van der Waals surface area contributed by atoms with Crippen LogP contribution in [-0.2, 0) is 10.3 Å². The molecule has 7 nitrogen and oxygen atoms in total. The summed E-state index contributed by atoms with van der Waals surface area (Å²) < 4.78 is 7.70. The molecule has 3 aromatic heterocycles. The van der Waals surface area contributed by atoms with Gasteiger partial charge in [0.25, 0.3) is 0 Å². The van der Waals surface area contributed by atoms with Crippen molar-refractivity contribution in [2.45, 2.75) is 51.2 Å². The van der Waals surface area contributed by atoms with Gasteiger partial charge in [0.15, 0.2) is 0 Å². The quantitative estimate of drug-likeness (QED) is 0.270. The van der Waals surface area contributed by atoms with Gasteiger partial charge >= 0.3 is 6.09 Å². The highest BCUT2D eigenvalue weighted by atomic mass is 16.6. The van der Waals surface area contributed by atoms with E-state index in [4.69, 9.17) is 9.72 Å². The number of carbonyl (C=O) groups excluding carboxylic acids is 1. The van der Waals surface area contributed by atoms with Gasteiger partial charge in [-0.2, -0.15) is 5.10 Å². The van der Waals surface area contributed by atoms with Crippen LogP contribution in [0.15, 0.2) is 85.3 Å². The number of benzene rings is 2. The van der Waals surface area contributed by atoms with Crippen LogP contribution in [0.1, 0.15) is 45.6 Å². The maximum Gasteiger partial charge on any atom is 0.408 e. The molecule has 0 spiro atoms. The number of pyridine rings is 1. The second-order valence-corrected chi connectivity index (χ2v) is 10.9. The average Bonchev–Trinajstić information content (AvgIpc) is 3.54. The van der Waals surface area contributed by atoms with Crippen LogP contribution in [-0.4, -0.2) is 31.3 Å². The number of imidazole rings is 1. The summed E-state index contributed by atoms with van der Waals surface area (Å²) in [5.41, 5.74) is 7.17. The van der Waals surface area contributed by atoms with Gasteiger partial charge in [0.05, 0.1) is 23.1 Å². The minimum absolute atomic E-state index is 0.374. The predicted molar refractivity (Wildman–Crippen MR) is 149 cm³/mol. The van der Waals surface area contributed by atoms with Gasteiger partial charge in [-0.1, -0.05) is 54.6 Å². The summed E-state index contributed by atoms with van der Waals surface area (Å²) in [6.45, 7) is 5.64. The molecule has 0 radical (unpaired) electrons. The van der Waals surface area contributed by atoms with Crippen LogP contribution >= 0.6 is 0 Å². The van der Waals surface area contributed by atoms with E-state index in [0.717, 1.165) is 64.1 Å². The molecule has 0 atom stereocenters. The van der Waals surface area contributed by atoms with Gasteiger partial charge in [0.1, 0.15) is 11.2 Å². The Hall–Kier alpha value is -4.39. The molecule has 0 saturated heterocycles. The molecule has 38 heavy (non-hydrogen) atoms. The van der Waals surface area contributed by atoms with Crippen LogP contribution in [0.5, 0.6) is 0 Å². The molecule has 0 unspecified atom stereocenters. The lowest BCUT2D eigenvalue weighted by Gasteiger charge is -2.43. The van der Waals surface area contributed by atoms with Crippen molar-refractivity contribution in [1.82, 2.24) is 24.9 Å². The highest BCUT2D eigenvalue weighted by Gasteiger charge is 2.41. The number of rotatable bonds is 5. The largest absolute Gasteiger partial charge is 0.444 e. The first kappa shape index (κ1) is 24.0. The number of aromatic amines is 1.